The first-order valence-electron chi connectivity index (χ1n) is 12.8. The van der Waals surface area contributed by atoms with Crippen LogP contribution in [-0.4, -0.2) is 37.0 Å². The topological polar surface area (TPSA) is 41.6 Å². The van der Waals surface area contributed by atoms with Crippen molar-refractivity contribution < 1.29 is 9.53 Å². The SMILES string of the molecule is Cc1ccc(C2(C(=O)Nc3ccc(OCCN4CC(C)CC(C)C4)cc3)CCCCC2)cc1. The molecule has 178 valence electrons. The van der Waals surface area contributed by atoms with Crippen LogP contribution in [0.5, 0.6) is 5.75 Å². The van der Waals surface area contributed by atoms with Gasteiger partial charge in [0.15, 0.2) is 0 Å². The zero-order valence-electron chi connectivity index (χ0n) is 20.6. The zero-order valence-corrected chi connectivity index (χ0v) is 20.6. The third-order valence-corrected chi connectivity index (χ3v) is 7.48. The highest BCUT2D eigenvalue weighted by Gasteiger charge is 2.41. The van der Waals surface area contributed by atoms with Gasteiger partial charge in [-0.25, -0.2) is 0 Å². The van der Waals surface area contributed by atoms with Gasteiger partial charge in [0, 0.05) is 25.3 Å². The molecule has 2 atom stereocenters. The number of likely N-dealkylation sites (tertiary alicyclic amines) is 1. The molecule has 1 heterocycles. The van der Waals surface area contributed by atoms with Gasteiger partial charge in [0.1, 0.15) is 12.4 Å². The van der Waals surface area contributed by atoms with Crippen LogP contribution in [0.2, 0.25) is 0 Å². The molecule has 2 aromatic carbocycles. The maximum Gasteiger partial charge on any atom is 0.235 e. The van der Waals surface area contributed by atoms with E-state index in [1.165, 1.54) is 31.5 Å². The summed E-state index contributed by atoms with van der Waals surface area (Å²) >= 11 is 0. The first-order valence-corrected chi connectivity index (χ1v) is 12.8. The third kappa shape index (κ3) is 5.97. The van der Waals surface area contributed by atoms with Gasteiger partial charge < -0.3 is 10.1 Å². The number of anilines is 1. The fraction of sp³-hybridized carbons (Fsp3) is 0.552. The molecule has 1 aliphatic heterocycles. The molecule has 4 nitrogen and oxygen atoms in total. The van der Waals surface area contributed by atoms with Crippen molar-refractivity contribution in [3.05, 3.63) is 59.7 Å². The van der Waals surface area contributed by atoms with Crippen LogP contribution in [0.4, 0.5) is 5.69 Å². The summed E-state index contributed by atoms with van der Waals surface area (Å²) < 4.78 is 6.00. The molecule has 4 heteroatoms. The Morgan fingerprint density at radius 3 is 2.24 bits per heavy atom. The molecule has 1 aliphatic carbocycles. The van der Waals surface area contributed by atoms with Crippen LogP contribution in [0.25, 0.3) is 0 Å². The predicted octanol–water partition coefficient (Wildman–Crippen LogP) is 6.19. The molecule has 2 aliphatic rings. The van der Waals surface area contributed by atoms with E-state index in [2.05, 4.69) is 55.3 Å². The predicted molar refractivity (Wildman–Crippen MR) is 136 cm³/mol. The monoisotopic (exact) mass is 448 g/mol. The fourth-order valence-corrected chi connectivity index (χ4v) is 5.83. The van der Waals surface area contributed by atoms with Crippen molar-refractivity contribution in [2.24, 2.45) is 11.8 Å². The van der Waals surface area contributed by atoms with E-state index >= 15 is 0 Å². The lowest BCUT2D eigenvalue weighted by Crippen LogP contribution is -2.42. The van der Waals surface area contributed by atoms with E-state index in [4.69, 9.17) is 4.74 Å². The Bertz CT molecular complexity index is 890. The Balaban J connectivity index is 1.34. The van der Waals surface area contributed by atoms with Crippen LogP contribution in [0.3, 0.4) is 0 Å². The standard InChI is InChI=1S/C29H40N2O2/c1-22-7-9-25(10-8-22)29(15-5-4-6-16-29)28(32)30-26-11-13-27(14-12-26)33-18-17-31-20-23(2)19-24(3)21-31/h7-14,23-24H,4-6,15-21H2,1-3H3,(H,30,32). The van der Waals surface area contributed by atoms with Crippen LogP contribution >= 0.6 is 0 Å². The number of ether oxygens (including phenoxy) is 1. The van der Waals surface area contributed by atoms with Gasteiger partial charge in [-0.3, -0.25) is 9.69 Å². The van der Waals surface area contributed by atoms with Gasteiger partial charge in [0.2, 0.25) is 5.91 Å². The van der Waals surface area contributed by atoms with E-state index in [1.807, 2.05) is 24.3 Å². The number of nitrogens with one attached hydrogen (secondary N) is 1. The van der Waals surface area contributed by atoms with Crippen molar-refractivity contribution in [1.29, 1.82) is 0 Å². The van der Waals surface area contributed by atoms with Crippen molar-refractivity contribution in [1.82, 2.24) is 4.90 Å². The smallest absolute Gasteiger partial charge is 0.235 e. The molecule has 1 saturated carbocycles. The van der Waals surface area contributed by atoms with Gasteiger partial charge in [-0.1, -0.05) is 62.9 Å². The van der Waals surface area contributed by atoms with E-state index < -0.39 is 5.41 Å². The van der Waals surface area contributed by atoms with Gasteiger partial charge in [0.05, 0.1) is 5.41 Å². The highest BCUT2D eigenvalue weighted by Crippen LogP contribution is 2.40. The van der Waals surface area contributed by atoms with E-state index in [1.54, 1.807) is 0 Å². The second kappa shape index (κ2) is 10.7. The molecule has 0 bridgehead atoms. The lowest BCUT2D eigenvalue weighted by molar-refractivity contribution is -0.122. The number of rotatable bonds is 7. The van der Waals surface area contributed by atoms with Crippen LogP contribution in [0, 0.1) is 18.8 Å². The molecule has 1 N–H and O–H groups in total. The number of aryl methyl sites for hydroxylation is 1. The van der Waals surface area contributed by atoms with Gasteiger partial charge in [-0.2, -0.15) is 0 Å². The van der Waals surface area contributed by atoms with Gasteiger partial charge in [-0.15, -0.1) is 0 Å². The summed E-state index contributed by atoms with van der Waals surface area (Å²) in [6.07, 6.45) is 6.57. The second-order valence-corrected chi connectivity index (χ2v) is 10.5. The summed E-state index contributed by atoms with van der Waals surface area (Å²) in [5, 5.41) is 3.21. The Kier molecular flexibility index (Phi) is 7.75. The van der Waals surface area contributed by atoms with E-state index in [-0.39, 0.29) is 5.91 Å². The number of hydrogen-bond acceptors (Lipinski definition) is 3. The van der Waals surface area contributed by atoms with Crippen molar-refractivity contribution in [3.8, 4) is 5.75 Å². The minimum absolute atomic E-state index is 0.119. The molecule has 0 spiro atoms. The number of benzene rings is 2. The van der Waals surface area contributed by atoms with E-state index in [9.17, 15) is 4.79 Å². The molecule has 2 unspecified atom stereocenters. The maximum atomic E-state index is 13.5. The largest absolute Gasteiger partial charge is 0.492 e. The molecule has 1 amide bonds. The minimum atomic E-state index is -0.427. The average molecular weight is 449 g/mol. The van der Waals surface area contributed by atoms with Crippen molar-refractivity contribution in [2.75, 3.05) is 31.6 Å². The Labute approximate surface area is 199 Å². The summed E-state index contributed by atoms with van der Waals surface area (Å²) in [5.74, 6) is 2.51. The number of carbonyl (C=O) groups excluding carboxylic acids is 1. The number of carbonyl (C=O) groups is 1. The van der Waals surface area contributed by atoms with E-state index in [0.29, 0.717) is 6.61 Å². The molecule has 2 fully saturated rings. The first kappa shape index (κ1) is 23.8. The second-order valence-electron chi connectivity index (χ2n) is 10.5. The van der Waals surface area contributed by atoms with Crippen molar-refractivity contribution in [3.63, 3.8) is 0 Å². The maximum absolute atomic E-state index is 13.5. The lowest BCUT2D eigenvalue weighted by Gasteiger charge is -2.36. The fourth-order valence-electron chi connectivity index (χ4n) is 5.83. The molecular formula is C29H40N2O2. The average Bonchev–Trinajstić information content (AvgIpc) is 2.80. The van der Waals surface area contributed by atoms with Crippen molar-refractivity contribution >= 4 is 11.6 Å². The normalized spacial score (nSPS) is 23.1. The number of nitrogens with zero attached hydrogens (tertiary/aromatic N) is 1. The quantitative estimate of drug-likeness (QED) is 0.549. The number of hydrogen-bond donors (Lipinski definition) is 1. The van der Waals surface area contributed by atoms with Gasteiger partial charge >= 0.3 is 0 Å². The van der Waals surface area contributed by atoms with Crippen LogP contribution in [0.1, 0.15) is 63.5 Å². The molecule has 0 radical (unpaired) electrons. The Morgan fingerprint density at radius 1 is 0.970 bits per heavy atom. The van der Waals surface area contributed by atoms with Gasteiger partial charge in [0.25, 0.3) is 0 Å². The molecule has 4 rings (SSSR count). The summed E-state index contributed by atoms with van der Waals surface area (Å²) in [5.41, 5.74) is 2.78. The molecule has 0 aromatic heterocycles. The Morgan fingerprint density at radius 2 is 1.61 bits per heavy atom. The lowest BCUT2D eigenvalue weighted by atomic mass is 9.68. The molecular weight excluding hydrogens is 408 g/mol. The summed E-state index contributed by atoms with van der Waals surface area (Å²) in [7, 11) is 0. The van der Waals surface area contributed by atoms with Crippen LogP contribution < -0.4 is 10.1 Å². The van der Waals surface area contributed by atoms with Gasteiger partial charge in [-0.05, 0) is 67.9 Å². The highest BCUT2D eigenvalue weighted by molar-refractivity contribution is 5.99. The summed E-state index contributed by atoms with van der Waals surface area (Å²) in [4.78, 5) is 16.0. The number of amides is 1. The highest BCUT2D eigenvalue weighted by atomic mass is 16.5. The summed E-state index contributed by atoms with van der Waals surface area (Å²) in [6.45, 7) is 10.8. The van der Waals surface area contributed by atoms with Crippen molar-refractivity contribution in [2.45, 2.75) is 64.7 Å². The Hall–Kier alpha value is -2.33. The first-order chi connectivity index (χ1) is 15.9. The summed E-state index contributed by atoms with van der Waals surface area (Å²) in [6, 6.07) is 16.4. The molecule has 1 saturated heterocycles. The third-order valence-electron chi connectivity index (χ3n) is 7.48. The van der Waals surface area contributed by atoms with E-state index in [0.717, 1.165) is 61.1 Å². The molecule has 33 heavy (non-hydrogen) atoms. The van der Waals surface area contributed by atoms with Crippen LogP contribution in [-0.2, 0) is 10.2 Å². The van der Waals surface area contributed by atoms with Crippen LogP contribution in [0.15, 0.2) is 48.5 Å². The number of piperidine rings is 1. The minimum Gasteiger partial charge on any atom is -0.492 e. The molecule has 2 aromatic rings. The zero-order chi connectivity index (χ0) is 23.3.